The van der Waals surface area contributed by atoms with Crippen LogP contribution in [-0.4, -0.2) is 8.91 Å². The van der Waals surface area contributed by atoms with E-state index in [1.807, 2.05) is 30.5 Å². The largest absolute Gasteiger partial charge is 0.455 e. The minimum Gasteiger partial charge on any atom is -0.455 e. The predicted molar refractivity (Wildman–Crippen MR) is 113 cm³/mol. The van der Waals surface area contributed by atoms with Crippen molar-refractivity contribution in [2.45, 2.75) is 30.1 Å². The highest BCUT2D eigenvalue weighted by molar-refractivity contribution is 14.1. The molecule has 0 aliphatic rings. The van der Waals surface area contributed by atoms with Crippen LogP contribution in [0, 0.1) is 0 Å². The van der Waals surface area contributed by atoms with E-state index < -0.39 is 0 Å². The molecule has 126 valence electrons. The Balaban J connectivity index is 2.15. The summed E-state index contributed by atoms with van der Waals surface area (Å²) in [4.78, 5) is 4.64. The summed E-state index contributed by atoms with van der Waals surface area (Å²) >= 11 is 2.51. The Bertz CT molecular complexity index is 1050. The molecule has 0 radical (unpaired) electrons. The standard InChI is InChI=1S/C22H20INO/c1-14(23)22(2,3)17-12-11-16-15-8-4-5-10-19(15)25-21(16)20(17)18-9-6-7-13-24-18/h4-14H,1-3H3/t14-/m0/s1. The van der Waals surface area contributed by atoms with Crippen molar-refractivity contribution in [1.29, 1.82) is 0 Å². The monoisotopic (exact) mass is 441 g/mol. The molecule has 0 unspecified atom stereocenters. The third kappa shape index (κ3) is 2.65. The van der Waals surface area contributed by atoms with Crippen molar-refractivity contribution in [2.75, 3.05) is 0 Å². The summed E-state index contributed by atoms with van der Waals surface area (Å²) in [6.45, 7) is 6.84. The fourth-order valence-electron chi connectivity index (χ4n) is 3.31. The van der Waals surface area contributed by atoms with Gasteiger partial charge in [-0.3, -0.25) is 4.98 Å². The van der Waals surface area contributed by atoms with Crippen molar-refractivity contribution in [2.24, 2.45) is 0 Å². The van der Waals surface area contributed by atoms with E-state index in [2.05, 4.69) is 78.7 Å². The zero-order valence-corrected chi connectivity index (χ0v) is 16.7. The quantitative estimate of drug-likeness (QED) is 0.260. The highest BCUT2D eigenvalue weighted by atomic mass is 127. The summed E-state index contributed by atoms with van der Waals surface area (Å²) in [6, 6.07) is 18.7. The molecule has 0 aliphatic carbocycles. The summed E-state index contributed by atoms with van der Waals surface area (Å²) in [7, 11) is 0. The number of rotatable bonds is 3. The summed E-state index contributed by atoms with van der Waals surface area (Å²) < 4.78 is 6.78. The molecular formula is C22H20INO. The van der Waals surface area contributed by atoms with Crippen molar-refractivity contribution < 1.29 is 4.42 Å². The second kappa shape index (κ2) is 6.13. The number of alkyl halides is 1. The lowest BCUT2D eigenvalue weighted by Gasteiger charge is -2.30. The van der Waals surface area contributed by atoms with E-state index in [0.29, 0.717) is 3.92 Å². The Morgan fingerprint density at radius 2 is 1.72 bits per heavy atom. The maximum absolute atomic E-state index is 6.31. The van der Waals surface area contributed by atoms with Crippen LogP contribution >= 0.6 is 22.6 Å². The highest BCUT2D eigenvalue weighted by Crippen LogP contribution is 2.43. The lowest BCUT2D eigenvalue weighted by Crippen LogP contribution is -2.27. The molecule has 2 aromatic carbocycles. The molecule has 0 saturated heterocycles. The summed E-state index contributed by atoms with van der Waals surface area (Å²) in [6.07, 6.45) is 1.85. The molecule has 0 fully saturated rings. The van der Waals surface area contributed by atoms with E-state index in [9.17, 15) is 0 Å². The topological polar surface area (TPSA) is 26.0 Å². The van der Waals surface area contributed by atoms with Crippen LogP contribution in [0.3, 0.4) is 0 Å². The van der Waals surface area contributed by atoms with E-state index in [4.69, 9.17) is 4.42 Å². The number of hydrogen-bond donors (Lipinski definition) is 0. The van der Waals surface area contributed by atoms with Crippen molar-refractivity contribution in [3.8, 4) is 11.3 Å². The predicted octanol–water partition coefficient (Wildman–Crippen LogP) is 6.75. The summed E-state index contributed by atoms with van der Waals surface area (Å²) in [5, 5.41) is 2.30. The minimum atomic E-state index is 0.000575. The molecule has 25 heavy (non-hydrogen) atoms. The van der Waals surface area contributed by atoms with E-state index in [1.165, 1.54) is 5.56 Å². The van der Waals surface area contributed by atoms with Gasteiger partial charge in [0.05, 0.1) is 5.69 Å². The van der Waals surface area contributed by atoms with Gasteiger partial charge in [-0.25, -0.2) is 0 Å². The maximum atomic E-state index is 6.31. The smallest absolute Gasteiger partial charge is 0.145 e. The first-order valence-corrected chi connectivity index (χ1v) is 9.75. The van der Waals surface area contributed by atoms with Crippen LogP contribution in [0.4, 0.5) is 0 Å². The average Bonchev–Trinajstić information content (AvgIpc) is 3.00. The molecule has 2 heterocycles. The molecule has 0 saturated carbocycles. The molecule has 0 N–H and O–H groups in total. The van der Waals surface area contributed by atoms with Crippen molar-refractivity contribution in [3.63, 3.8) is 0 Å². The Kier molecular flexibility index (Phi) is 4.07. The number of aromatic nitrogens is 1. The number of nitrogens with zero attached hydrogens (tertiary/aromatic N) is 1. The van der Waals surface area contributed by atoms with E-state index >= 15 is 0 Å². The SMILES string of the molecule is C[C@H](I)C(C)(C)c1ccc2c(oc3ccccc32)c1-c1ccccn1. The van der Waals surface area contributed by atoms with Crippen LogP contribution < -0.4 is 0 Å². The molecule has 1 atom stereocenters. The molecule has 3 heteroatoms. The van der Waals surface area contributed by atoms with Crippen LogP contribution in [-0.2, 0) is 5.41 Å². The van der Waals surface area contributed by atoms with Crippen LogP contribution in [0.5, 0.6) is 0 Å². The molecule has 0 amide bonds. The third-order valence-electron chi connectivity index (χ3n) is 5.16. The van der Waals surface area contributed by atoms with Gasteiger partial charge in [-0.05, 0) is 23.8 Å². The minimum absolute atomic E-state index is 0.000575. The number of pyridine rings is 1. The number of para-hydroxylation sites is 1. The van der Waals surface area contributed by atoms with Crippen molar-refractivity contribution in [3.05, 3.63) is 66.4 Å². The lowest BCUT2D eigenvalue weighted by molar-refractivity contribution is 0.535. The van der Waals surface area contributed by atoms with Crippen molar-refractivity contribution >= 4 is 44.5 Å². The number of halogens is 1. The normalized spacial score (nSPS) is 13.4. The molecule has 0 spiro atoms. The van der Waals surface area contributed by atoms with Gasteiger partial charge >= 0.3 is 0 Å². The molecule has 0 bridgehead atoms. The third-order valence-corrected chi connectivity index (χ3v) is 6.71. The highest BCUT2D eigenvalue weighted by Gasteiger charge is 2.31. The lowest BCUT2D eigenvalue weighted by atomic mass is 9.78. The van der Waals surface area contributed by atoms with Gasteiger partial charge in [0.15, 0.2) is 0 Å². The van der Waals surface area contributed by atoms with Gasteiger partial charge < -0.3 is 4.42 Å². The van der Waals surface area contributed by atoms with Gasteiger partial charge in [0.1, 0.15) is 11.2 Å². The van der Waals surface area contributed by atoms with E-state index in [-0.39, 0.29) is 5.41 Å². The van der Waals surface area contributed by atoms with Crippen LogP contribution in [0.15, 0.2) is 65.2 Å². The van der Waals surface area contributed by atoms with Gasteiger partial charge in [-0.2, -0.15) is 0 Å². The molecule has 4 aromatic rings. The van der Waals surface area contributed by atoms with Crippen LogP contribution in [0.25, 0.3) is 33.2 Å². The fourth-order valence-corrected chi connectivity index (χ4v) is 3.64. The summed E-state index contributed by atoms with van der Waals surface area (Å²) in [5.74, 6) is 0. The molecule has 2 nitrogen and oxygen atoms in total. The average molecular weight is 441 g/mol. The summed E-state index contributed by atoms with van der Waals surface area (Å²) in [5.41, 5.74) is 5.21. The Morgan fingerprint density at radius 3 is 2.44 bits per heavy atom. The number of hydrogen-bond acceptors (Lipinski definition) is 2. The number of fused-ring (bicyclic) bond motifs is 3. The van der Waals surface area contributed by atoms with E-state index in [0.717, 1.165) is 33.2 Å². The van der Waals surface area contributed by atoms with Crippen molar-refractivity contribution in [1.82, 2.24) is 4.98 Å². The van der Waals surface area contributed by atoms with Crippen LogP contribution in [0.1, 0.15) is 26.3 Å². The number of furan rings is 1. The number of benzene rings is 2. The first-order valence-electron chi connectivity index (χ1n) is 8.50. The van der Waals surface area contributed by atoms with Gasteiger partial charge in [0, 0.05) is 31.9 Å². The Hall–Kier alpha value is -1.88. The van der Waals surface area contributed by atoms with Gasteiger partial charge in [0.2, 0.25) is 0 Å². The first-order chi connectivity index (χ1) is 12.0. The Labute approximate surface area is 161 Å². The molecule has 0 aliphatic heterocycles. The first kappa shape index (κ1) is 16.6. The molecule has 4 rings (SSSR count). The van der Waals surface area contributed by atoms with Gasteiger partial charge in [-0.1, -0.05) is 79.8 Å². The second-order valence-corrected chi connectivity index (χ2v) is 8.88. The zero-order chi connectivity index (χ0) is 17.6. The van der Waals surface area contributed by atoms with Crippen LogP contribution in [0.2, 0.25) is 0 Å². The van der Waals surface area contributed by atoms with E-state index in [1.54, 1.807) is 0 Å². The fraction of sp³-hybridized carbons (Fsp3) is 0.227. The zero-order valence-electron chi connectivity index (χ0n) is 14.6. The van der Waals surface area contributed by atoms with Gasteiger partial charge in [0.25, 0.3) is 0 Å². The molecular weight excluding hydrogens is 421 g/mol. The second-order valence-electron chi connectivity index (χ2n) is 7.02. The van der Waals surface area contributed by atoms with Gasteiger partial charge in [-0.15, -0.1) is 0 Å². The molecule has 2 aromatic heterocycles. The Morgan fingerprint density at radius 1 is 0.960 bits per heavy atom. The maximum Gasteiger partial charge on any atom is 0.145 e.